The van der Waals surface area contributed by atoms with Crippen LogP contribution in [-0.2, 0) is 9.53 Å². The van der Waals surface area contributed by atoms with E-state index in [1.54, 1.807) is 18.2 Å². The lowest BCUT2D eigenvalue weighted by molar-refractivity contribution is -0.136. The number of fused-ring (bicyclic) bond motifs is 1. The summed E-state index contributed by atoms with van der Waals surface area (Å²) >= 11 is 0. The highest BCUT2D eigenvalue weighted by atomic mass is 16.7. The lowest BCUT2D eigenvalue weighted by atomic mass is 10.1. The highest BCUT2D eigenvalue weighted by Gasteiger charge is 2.20. The Morgan fingerprint density at radius 3 is 2.63 bits per heavy atom. The van der Waals surface area contributed by atoms with Gasteiger partial charge in [0.25, 0.3) is 0 Å². The summed E-state index contributed by atoms with van der Waals surface area (Å²) in [5, 5.41) is 0. The van der Waals surface area contributed by atoms with E-state index in [-0.39, 0.29) is 19.2 Å². The number of ether oxygens (including phenoxy) is 3. The fourth-order valence-corrected chi connectivity index (χ4v) is 3.42. The third-order valence-electron chi connectivity index (χ3n) is 4.84. The molecule has 2 aromatic heterocycles. The van der Waals surface area contributed by atoms with Crippen LogP contribution < -0.4 is 9.47 Å². The third-order valence-corrected chi connectivity index (χ3v) is 4.84. The number of hydrogen-bond acceptors (Lipinski definition) is 6. The molecule has 0 amide bonds. The fraction of sp³-hybridized carbons (Fsp3) is 0.217. The number of Topliss-reactive ketones (excluding diaryl/α,β-unsaturated/α-hetero) is 1. The molecule has 4 rings (SSSR count). The summed E-state index contributed by atoms with van der Waals surface area (Å²) in [4.78, 5) is 24.6. The van der Waals surface area contributed by atoms with Crippen molar-refractivity contribution in [1.29, 1.82) is 0 Å². The number of benzene rings is 1. The molecule has 1 aliphatic heterocycles. The minimum Gasteiger partial charge on any atom is -0.462 e. The summed E-state index contributed by atoms with van der Waals surface area (Å²) in [6.45, 7) is 5.44. The standard InChI is InChI=1S/C23H21NO6/c1-14-10-19(16(3)24(14)17-5-8-21-22(11-17)29-13-28-21)20(25)12-27-23(26)9-7-18-6-4-15(2)30-18/h4-11H,12-13H2,1-3H3/b9-7+. The Labute approximate surface area is 173 Å². The zero-order chi connectivity index (χ0) is 21.3. The first-order valence-corrected chi connectivity index (χ1v) is 9.46. The molecule has 3 heterocycles. The first-order chi connectivity index (χ1) is 14.4. The van der Waals surface area contributed by atoms with Crippen molar-refractivity contribution < 1.29 is 28.2 Å². The average molecular weight is 407 g/mol. The number of aromatic nitrogens is 1. The second kappa shape index (κ2) is 7.94. The number of carbonyl (C=O) groups is 2. The zero-order valence-electron chi connectivity index (χ0n) is 16.9. The monoisotopic (exact) mass is 407 g/mol. The molecule has 30 heavy (non-hydrogen) atoms. The lowest BCUT2D eigenvalue weighted by Crippen LogP contribution is -2.13. The largest absolute Gasteiger partial charge is 0.462 e. The minimum absolute atomic E-state index is 0.200. The molecular formula is C23H21NO6. The van der Waals surface area contributed by atoms with Gasteiger partial charge >= 0.3 is 5.97 Å². The van der Waals surface area contributed by atoms with E-state index < -0.39 is 5.97 Å². The molecule has 0 saturated carbocycles. The molecule has 0 saturated heterocycles. The van der Waals surface area contributed by atoms with Gasteiger partial charge in [-0.1, -0.05) is 0 Å². The summed E-state index contributed by atoms with van der Waals surface area (Å²) in [6.07, 6.45) is 2.74. The first-order valence-electron chi connectivity index (χ1n) is 9.46. The van der Waals surface area contributed by atoms with E-state index in [2.05, 4.69) is 0 Å². The van der Waals surface area contributed by atoms with Crippen molar-refractivity contribution in [3.63, 3.8) is 0 Å². The zero-order valence-corrected chi connectivity index (χ0v) is 16.9. The molecule has 154 valence electrons. The van der Waals surface area contributed by atoms with Gasteiger partial charge in [0.1, 0.15) is 11.5 Å². The molecule has 0 N–H and O–H groups in total. The van der Waals surface area contributed by atoms with Gasteiger partial charge in [0.05, 0.1) is 0 Å². The van der Waals surface area contributed by atoms with Gasteiger partial charge in [-0.3, -0.25) is 4.79 Å². The van der Waals surface area contributed by atoms with Crippen LogP contribution >= 0.6 is 0 Å². The van der Waals surface area contributed by atoms with E-state index in [1.807, 2.05) is 43.5 Å². The normalized spacial score (nSPS) is 12.5. The Hall–Kier alpha value is -3.74. The molecule has 0 aliphatic carbocycles. The van der Waals surface area contributed by atoms with Crippen molar-refractivity contribution in [2.24, 2.45) is 0 Å². The summed E-state index contributed by atoms with van der Waals surface area (Å²) in [6, 6.07) is 10.9. The molecule has 1 aliphatic rings. The number of ketones is 1. The molecule has 0 spiro atoms. The SMILES string of the molecule is Cc1ccc(/C=C/C(=O)OCC(=O)c2cc(C)n(-c3ccc4c(c3)OCO4)c2C)o1. The van der Waals surface area contributed by atoms with Gasteiger partial charge in [0.2, 0.25) is 12.6 Å². The van der Waals surface area contributed by atoms with E-state index in [0.29, 0.717) is 22.8 Å². The van der Waals surface area contributed by atoms with E-state index in [1.165, 1.54) is 12.2 Å². The summed E-state index contributed by atoms with van der Waals surface area (Å²) < 4.78 is 23.2. The van der Waals surface area contributed by atoms with Crippen LogP contribution in [0.5, 0.6) is 11.5 Å². The quantitative estimate of drug-likeness (QED) is 0.347. The van der Waals surface area contributed by atoms with E-state index in [9.17, 15) is 9.59 Å². The Morgan fingerprint density at radius 1 is 1.07 bits per heavy atom. The van der Waals surface area contributed by atoms with Crippen LogP contribution in [0.1, 0.15) is 33.3 Å². The number of rotatable bonds is 6. The molecule has 3 aromatic rings. The van der Waals surface area contributed by atoms with Gasteiger partial charge in [-0.05, 0) is 57.2 Å². The van der Waals surface area contributed by atoms with Crippen molar-refractivity contribution in [1.82, 2.24) is 4.57 Å². The number of esters is 1. The van der Waals surface area contributed by atoms with Gasteiger partial charge in [0, 0.05) is 34.8 Å². The molecule has 7 nitrogen and oxygen atoms in total. The molecule has 0 bridgehead atoms. The molecule has 7 heteroatoms. The van der Waals surface area contributed by atoms with Crippen molar-refractivity contribution in [3.8, 4) is 17.2 Å². The highest BCUT2D eigenvalue weighted by molar-refractivity contribution is 6.00. The molecule has 0 radical (unpaired) electrons. The smallest absolute Gasteiger partial charge is 0.331 e. The van der Waals surface area contributed by atoms with Crippen LogP contribution in [0.25, 0.3) is 11.8 Å². The van der Waals surface area contributed by atoms with Gasteiger partial charge in [-0.2, -0.15) is 0 Å². The second-order valence-corrected chi connectivity index (χ2v) is 6.97. The summed E-state index contributed by atoms with van der Waals surface area (Å²) in [5.41, 5.74) is 3.01. The molecular weight excluding hydrogens is 386 g/mol. The van der Waals surface area contributed by atoms with E-state index in [4.69, 9.17) is 18.6 Å². The second-order valence-electron chi connectivity index (χ2n) is 6.97. The maximum absolute atomic E-state index is 12.7. The Kier molecular flexibility index (Phi) is 5.18. The number of aryl methyl sites for hydroxylation is 2. The molecule has 0 fully saturated rings. The summed E-state index contributed by atoms with van der Waals surface area (Å²) in [5.74, 6) is 1.77. The summed E-state index contributed by atoms with van der Waals surface area (Å²) in [7, 11) is 0. The molecule has 1 aromatic carbocycles. The maximum Gasteiger partial charge on any atom is 0.331 e. The Balaban J connectivity index is 1.45. The highest BCUT2D eigenvalue weighted by Crippen LogP contribution is 2.34. The molecule has 0 atom stereocenters. The lowest BCUT2D eigenvalue weighted by Gasteiger charge is -2.10. The topological polar surface area (TPSA) is 79.9 Å². The van der Waals surface area contributed by atoms with Crippen LogP contribution in [-0.4, -0.2) is 29.7 Å². The fourth-order valence-electron chi connectivity index (χ4n) is 3.42. The third kappa shape index (κ3) is 3.87. The Morgan fingerprint density at radius 2 is 1.87 bits per heavy atom. The van der Waals surface area contributed by atoms with Crippen molar-refractivity contribution in [3.05, 3.63) is 70.9 Å². The predicted molar refractivity (Wildman–Crippen MR) is 109 cm³/mol. The van der Waals surface area contributed by atoms with Gasteiger partial charge in [-0.25, -0.2) is 4.79 Å². The minimum atomic E-state index is -0.609. The van der Waals surface area contributed by atoms with Gasteiger partial charge in [-0.15, -0.1) is 0 Å². The first kappa shape index (κ1) is 19.6. The van der Waals surface area contributed by atoms with Gasteiger partial charge in [0.15, 0.2) is 18.1 Å². The number of furan rings is 1. The van der Waals surface area contributed by atoms with Crippen LogP contribution in [0, 0.1) is 20.8 Å². The van der Waals surface area contributed by atoms with Crippen LogP contribution in [0.15, 0.2) is 46.9 Å². The average Bonchev–Trinajstić information content (AvgIpc) is 3.43. The number of carbonyl (C=O) groups excluding carboxylic acids is 2. The van der Waals surface area contributed by atoms with E-state index in [0.717, 1.165) is 22.8 Å². The van der Waals surface area contributed by atoms with Crippen molar-refractivity contribution >= 4 is 17.8 Å². The predicted octanol–water partition coefficient (Wildman–Crippen LogP) is 4.16. The number of hydrogen-bond donors (Lipinski definition) is 0. The van der Waals surface area contributed by atoms with E-state index >= 15 is 0 Å². The van der Waals surface area contributed by atoms with Crippen molar-refractivity contribution in [2.75, 3.05) is 13.4 Å². The van der Waals surface area contributed by atoms with Gasteiger partial charge < -0.3 is 23.2 Å². The number of nitrogens with zero attached hydrogens (tertiary/aromatic N) is 1. The van der Waals surface area contributed by atoms with Crippen LogP contribution in [0.2, 0.25) is 0 Å². The molecule has 0 unspecified atom stereocenters. The van der Waals surface area contributed by atoms with Crippen LogP contribution in [0.3, 0.4) is 0 Å². The Bertz CT molecular complexity index is 1150. The maximum atomic E-state index is 12.7. The van der Waals surface area contributed by atoms with Crippen molar-refractivity contribution in [2.45, 2.75) is 20.8 Å². The van der Waals surface area contributed by atoms with Crippen LogP contribution in [0.4, 0.5) is 0 Å².